The highest BCUT2D eigenvalue weighted by Crippen LogP contribution is 2.35. The summed E-state index contributed by atoms with van der Waals surface area (Å²) in [6.07, 6.45) is 6.92. The predicted molar refractivity (Wildman–Crippen MR) is 124 cm³/mol. The number of thioether (sulfide) groups is 1. The van der Waals surface area contributed by atoms with Crippen LogP contribution in [0.2, 0.25) is 0 Å². The summed E-state index contributed by atoms with van der Waals surface area (Å²) in [5.41, 5.74) is 1.47. The van der Waals surface area contributed by atoms with E-state index in [1.165, 1.54) is 12.1 Å². The van der Waals surface area contributed by atoms with Crippen LogP contribution in [0.3, 0.4) is 0 Å². The highest BCUT2D eigenvalue weighted by Gasteiger charge is 2.35. The second kappa shape index (κ2) is 9.28. The van der Waals surface area contributed by atoms with Gasteiger partial charge in [-0.3, -0.25) is 14.5 Å². The van der Waals surface area contributed by atoms with Gasteiger partial charge in [0.15, 0.2) is 0 Å². The number of ether oxygens (including phenoxy) is 1. The van der Waals surface area contributed by atoms with E-state index in [1.807, 2.05) is 12.1 Å². The molecule has 0 radical (unpaired) electrons. The van der Waals surface area contributed by atoms with Gasteiger partial charge in [-0.15, -0.1) is 6.42 Å². The van der Waals surface area contributed by atoms with Gasteiger partial charge in [0.1, 0.15) is 18.2 Å². The molecule has 0 atom stereocenters. The standard InChI is InChI=1S/C20H12FI2NO3S/c1-2-7-27-18-15(22)8-13(9-16(18)23)10-17-19(25)24(20(26)28-17)11-12-3-5-14(21)6-4-12/h1,3-6,8-10H,7,11H2/b17-10-. The van der Waals surface area contributed by atoms with Crippen LogP contribution < -0.4 is 4.74 Å². The van der Waals surface area contributed by atoms with Crippen molar-refractivity contribution in [2.45, 2.75) is 6.54 Å². The summed E-state index contributed by atoms with van der Waals surface area (Å²) in [4.78, 5) is 26.4. The van der Waals surface area contributed by atoms with E-state index < -0.39 is 0 Å². The molecule has 0 N–H and O–H groups in total. The fraction of sp³-hybridized carbons (Fsp3) is 0.100. The van der Waals surface area contributed by atoms with Gasteiger partial charge in [-0.2, -0.15) is 0 Å². The van der Waals surface area contributed by atoms with Crippen LogP contribution in [0.5, 0.6) is 5.75 Å². The van der Waals surface area contributed by atoms with E-state index in [9.17, 15) is 14.0 Å². The minimum atomic E-state index is -0.364. The third kappa shape index (κ3) is 4.87. The summed E-state index contributed by atoms with van der Waals surface area (Å²) in [5.74, 6) is 2.40. The summed E-state index contributed by atoms with van der Waals surface area (Å²) >= 11 is 5.17. The molecule has 4 nitrogen and oxygen atoms in total. The molecular weight excluding hydrogens is 607 g/mol. The Morgan fingerprint density at radius 1 is 1.18 bits per heavy atom. The Balaban J connectivity index is 1.81. The van der Waals surface area contributed by atoms with Gasteiger partial charge >= 0.3 is 0 Å². The van der Waals surface area contributed by atoms with Crippen molar-refractivity contribution in [1.82, 2.24) is 4.90 Å². The molecule has 0 aliphatic carbocycles. The highest BCUT2D eigenvalue weighted by atomic mass is 127. The second-order valence-electron chi connectivity index (χ2n) is 5.70. The van der Waals surface area contributed by atoms with Crippen molar-refractivity contribution in [1.29, 1.82) is 0 Å². The van der Waals surface area contributed by atoms with Crippen molar-refractivity contribution in [3.8, 4) is 18.1 Å². The van der Waals surface area contributed by atoms with Gasteiger partial charge in [0, 0.05) is 0 Å². The lowest BCUT2D eigenvalue weighted by molar-refractivity contribution is -0.123. The molecule has 8 heteroatoms. The van der Waals surface area contributed by atoms with Gasteiger partial charge in [-0.25, -0.2) is 4.39 Å². The molecule has 2 aromatic carbocycles. The number of nitrogens with zero attached hydrogens (tertiary/aromatic N) is 1. The van der Waals surface area contributed by atoms with Crippen LogP contribution in [0.15, 0.2) is 41.3 Å². The number of amides is 2. The lowest BCUT2D eigenvalue weighted by atomic mass is 10.2. The Kier molecular flexibility index (Phi) is 7.00. The van der Waals surface area contributed by atoms with Gasteiger partial charge in [0.25, 0.3) is 11.1 Å². The third-order valence-electron chi connectivity index (χ3n) is 3.75. The Morgan fingerprint density at radius 3 is 2.43 bits per heavy atom. The van der Waals surface area contributed by atoms with Crippen LogP contribution in [0.4, 0.5) is 9.18 Å². The van der Waals surface area contributed by atoms with E-state index in [2.05, 4.69) is 51.1 Å². The summed E-state index contributed by atoms with van der Waals surface area (Å²) in [7, 11) is 0. The summed E-state index contributed by atoms with van der Waals surface area (Å²) < 4.78 is 20.3. The largest absolute Gasteiger partial charge is 0.479 e. The Morgan fingerprint density at radius 2 is 1.82 bits per heavy atom. The lowest BCUT2D eigenvalue weighted by Crippen LogP contribution is -2.27. The smallest absolute Gasteiger partial charge is 0.293 e. The monoisotopic (exact) mass is 619 g/mol. The molecule has 28 heavy (non-hydrogen) atoms. The van der Waals surface area contributed by atoms with E-state index in [1.54, 1.807) is 18.2 Å². The molecule has 1 fully saturated rings. The number of carbonyl (C=O) groups is 2. The molecule has 142 valence electrons. The van der Waals surface area contributed by atoms with Gasteiger partial charge in [-0.05, 0) is 98.4 Å². The molecule has 1 saturated heterocycles. The van der Waals surface area contributed by atoms with Crippen LogP contribution in [0.25, 0.3) is 6.08 Å². The number of rotatable bonds is 5. The van der Waals surface area contributed by atoms with Crippen LogP contribution in [0.1, 0.15) is 11.1 Å². The molecular formula is C20H12FI2NO3S. The number of hydrogen-bond acceptors (Lipinski definition) is 4. The minimum Gasteiger partial charge on any atom is -0.479 e. The minimum absolute atomic E-state index is 0.107. The molecule has 1 aliphatic heterocycles. The number of benzene rings is 2. The first-order valence-corrected chi connectivity index (χ1v) is 10.9. The average molecular weight is 619 g/mol. The molecule has 0 unspecified atom stereocenters. The number of terminal acetylenes is 1. The molecule has 2 amide bonds. The van der Waals surface area contributed by atoms with Crippen molar-refractivity contribution >= 4 is 74.2 Å². The zero-order valence-electron chi connectivity index (χ0n) is 14.2. The van der Waals surface area contributed by atoms with Crippen LogP contribution in [0, 0.1) is 25.3 Å². The quantitative estimate of drug-likeness (QED) is 0.260. The topological polar surface area (TPSA) is 46.6 Å². The van der Waals surface area contributed by atoms with Crippen LogP contribution in [-0.4, -0.2) is 22.7 Å². The Labute approximate surface area is 193 Å². The molecule has 2 aromatic rings. The number of imide groups is 1. The van der Waals surface area contributed by atoms with Crippen molar-refractivity contribution in [3.63, 3.8) is 0 Å². The maximum atomic E-state index is 13.0. The normalized spacial score (nSPS) is 15.2. The SMILES string of the molecule is C#CCOc1c(I)cc(/C=C2\SC(=O)N(Cc3ccc(F)cc3)C2=O)cc1I. The first-order chi connectivity index (χ1) is 13.4. The fourth-order valence-electron chi connectivity index (χ4n) is 2.47. The molecule has 0 aromatic heterocycles. The predicted octanol–water partition coefficient (Wildman–Crippen LogP) is 5.28. The summed E-state index contributed by atoms with van der Waals surface area (Å²) in [5, 5.41) is -0.348. The number of halogens is 3. The van der Waals surface area contributed by atoms with Crippen LogP contribution in [-0.2, 0) is 11.3 Å². The summed E-state index contributed by atoms with van der Waals surface area (Å²) in [6.45, 7) is 0.282. The van der Waals surface area contributed by atoms with Crippen molar-refractivity contribution in [3.05, 3.63) is 65.4 Å². The van der Waals surface area contributed by atoms with Gasteiger partial charge in [-0.1, -0.05) is 18.1 Å². The van der Waals surface area contributed by atoms with Gasteiger partial charge < -0.3 is 4.74 Å². The summed E-state index contributed by atoms with van der Waals surface area (Å²) in [6, 6.07) is 9.45. The number of carbonyl (C=O) groups excluding carboxylic acids is 2. The maximum Gasteiger partial charge on any atom is 0.293 e. The lowest BCUT2D eigenvalue weighted by Gasteiger charge is -2.12. The average Bonchev–Trinajstić information content (AvgIpc) is 2.90. The van der Waals surface area contributed by atoms with Gasteiger partial charge in [0.05, 0.1) is 18.6 Å². The molecule has 0 saturated carbocycles. The van der Waals surface area contributed by atoms with Crippen LogP contribution >= 0.6 is 56.9 Å². The van der Waals surface area contributed by atoms with Crippen molar-refractivity contribution < 1.29 is 18.7 Å². The Bertz CT molecular complexity index is 992. The molecule has 3 rings (SSSR count). The highest BCUT2D eigenvalue weighted by molar-refractivity contribution is 14.1. The molecule has 1 heterocycles. The zero-order valence-corrected chi connectivity index (χ0v) is 19.4. The zero-order chi connectivity index (χ0) is 20.3. The van der Waals surface area contributed by atoms with E-state index in [-0.39, 0.29) is 30.1 Å². The first kappa shape index (κ1) is 21.1. The maximum absolute atomic E-state index is 13.0. The van der Waals surface area contributed by atoms with E-state index in [4.69, 9.17) is 11.2 Å². The molecule has 0 spiro atoms. The third-order valence-corrected chi connectivity index (χ3v) is 6.26. The molecule has 0 bridgehead atoms. The molecule has 1 aliphatic rings. The second-order valence-corrected chi connectivity index (χ2v) is 9.02. The van der Waals surface area contributed by atoms with Gasteiger partial charge in [0.2, 0.25) is 0 Å². The Hall–Kier alpha value is -1.58. The van der Waals surface area contributed by atoms with E-state index >= 15 is 0 Å². The fourth-order valence-corrected chi connectivity index (χ4v) is 5.44. The number of hydrogen-bond donors (Lipinski definition) is 0. The van der Waals surface area contributed by atoms with Crippen molar-refractivity contribution in [2.24, 2.45) is 0 Å². The van der Waals surface area contributed by atoms with Crippen molar-refractivity contribution in [2.75, 3.05) is 6.61 Å². The first-order valence-electron chi connectivity index (χ1n) is 7.94. The van der Waals surface area contributed by atoms with E-state index in [0.29, 0.717) is 16.2 Å². The van der Waals surface area contributed by atoms with E-state index in [0.717, 1.165) is 29.4 Å².